The molecule has 0 spiro atoms. The Kier molecular flexibility index (Phi) is 5.81. The molecule has 0 bridgehead atoms. The van der Waals surface area contributed by atoms with Gasteiger partial charge in [0.2, 0.25) is 5.91 Å². The Labute approximate surface area is 140 Å². The molecule has 2 aromatic rings. The van der Waals surface area contributed by atoms with Crippen molar-refractivity contribution >= 4 is 17.7 Å². The molecular weight excluding hydrogens is 312 g/mol. The number of ether oxygens (including phenoxy) is 1. The van der Waals surface area contributed by atoms with Crippen LogP contribution in [0.4, 0.5) is 0 Å². The van der Waals surface area contributed by atoms with Crippen molar-refractivity contribution in [2.75, 3.05) is 27.0 Å². The van der Waals surface area contributed by atoms with E-state index in [9.17, 15) is 4.79 Å². The van der Waals surface area contributed by atoms with Gasteiger partial charge in [-0.1, -0.05) is 30.0 Å². The summed E-state index contributed by atoms with van der Waals surface area (Å²) >= 11 is 1.36. The van der Waals surface area contributed by atoms with Crippen LogP contribution in [-0.4, -0.2) is 52.5 Å². The quantitative estimate of drug-likeness (QED) is 0.575. The fraction of sp³-hybridized carbons (Fsp3) is 0.312. The van der Waals surface area contributed by atoms with E-state index < -0.39 is 0 Å². The van der Waals surface area contributed by atoms with Gasteiger partial charge in [0.25, 0.3) is 0 Å². The lowest BCUT2D eigenvalue weighted by Gasteiger charge is -2.11. The summed E-state index contributed by atoms with van der Waals surface area (Å²) in [7, 11) is 5.09. The number of hydrogen-bond donors (Lipinski definition) is 0. The lowest BCUT2D eigenvalue weighted by atomic mass is 10.2. The Bertz CT molecular complexity index is 697. The molecule has 6 nitrogen and oxygen atoms in total. The summed E-state index contributed by atoms with van der Waals surface area (Å²) in [6, 6.07) is 7.64. The number of nitrogens with zero attached hydrogens (tertiary/aromatic N) is 4. The minimum Gasteiger partial charge on any atom is -0.496 e. The normalized spacial score (nSPS) is 10.4. The van der Waals surface area contributed by atoms with Crippen LogP contribution < -0.4 is 4.74 Å². The first kappa shape index (κ1) is 17.1. The summed E-state index contributed by atoms with van der Waals surface area (Å²) in [5.74, 6) is 1.77. The Morgan fingerprint density at radius 3 is 2.78 bits per heavy atom. The van der Waals surface area contributed by atoms with Gasteiger partial charge in [0.05, 0.1) is 18.4 Å². The maximum Gasteiger partial charge on any atom is 0.232 e. The van der Waals surface area contributed by atoms with Crippen LogP contribution in [0.1, 0.15) is 0 Å². The van der Waals surface area contributed by atoms with Crippen LogP contribution in [-0.2, 0) is 11.3 Å². The van der Waals surface area contributed by atoms with E-state index in [0.29, 0.717) is 23.3 Å². The predicted molar refractivity (Wildman–Crippen MR) is 91.6 cm³/mol. The minimum atomic E-state index is 0.0296. The second-order valence-corrected chi connectivity index (χ2v) is 5.93. The second kappa shape index (κ2) is 7.82. The van der Waals surface area contributed by atoms with E-state index in [1.165, 1.54) is 11.8 Å². The third kappa shape index (κ3) is 3.92. The van der Waals surface area contributed by atoms with Gasteiger partial charge in [-0.25, -0.2) is 0 Å². The molecule has 122 valence electrons. The lowest BCUT2D eigenvalue weighted by Crippen LogP contribution is -2.23. The zero-order chi connectivity index (χ0) is 16.8. The molecule has 0 fully saturated rings. The Morgan fingerprint density at radius 1 is 1.39 bits per heavy atom. The van der Waals surface area contributed by atoms with Gasteiger partial charge in [-0.15, -0.1) is 16.8 Å². The SMILES string of the molecule is C=CCn1c(SCC(=O)N(C)C)nnc1-c1ccccc1OC. The molecule has 0 aliphatic rings. The number of carbonyl (C=O) groups excluding carboxylic acids is 1. The molecular formula is C16H20N4O2S. The molecule has 23 heavy (non-hydrogen) atoms. The van der Waals surface area contributed by atoms with E-state index in [0.717, 1.165) is 11.3 Å². The number of amides is 1. The van der Waals surface area contributed by atoms with E-state index in [2.05, 4.69) is 16.8 Å². The number of carbonyl (C=O) groups is 1. The third-order valence-corrected chi connectivity index (χ3v) is 4.15. The summed E-state index contributed by atoms with van der Waals surface area (Å²) in [6.07, 6.45) is 1.78. The highest BCUT2D eigenvalue weighted by Gasteiger charge is 2.17. The number of methoxy groups -OCH3 is 1. The fourth-order valence-corrected chi connectivity index (χ4v) is 2.90. The van der Waals surface area contributed by atoms with E-state index in [1.807, 2.05) is 28.8 Å². The van der Waals surface area contributed by atoms with Gasteiger partial charge in [-0.2, -0.15) is 0 Å². The summed E-state index contributed by atoms with van der Waals surface area (Å²) < 4.78 is 7.33. The van der Waals surface area contributed by atoms with Gasteiger partial charge in [0.1, 0.15) is 5.75 Å². The molecule has 2 rings (SSSR count). The van der Waals surface area contributed by atoms with Crippen molar-refractivity contribution in [3.8, 4) is 17.1 Å². The molecule has 0 radical (unpaired) electrons. The van der Waals surface area contributed by atoms with Crippen molar-refractivity contribution in [1.29, 1.82) is 0 Å². The maximum absolute atomic E-state index is 11.8. The third-order valence-electron chi connectivity index (χ3n) is 3.20. The van der Waals surface area contributed by atoms with Gasteiger partial charge in [-0.3, -0.25) is 9.36 Å². The molecule has 0 saturated carbocycles. The maximum atomic E-state index is 11.8. The van der Waals surface area contributed by atoms with Gasteiger partial charge >= 0.3 is 0 Å². The first-order chi connectivity index (χ1) is 11.1. The van der Waals surface area contributed by atoms with E-state index in [1.54, 1.807) is 32.2 Å². The van der Waals surface area contributed by atoms with Crippen LogP contribution in [0.15, 0.2) is 42.1 Å². The molecule has 0 unspecified atom stereocenters. The topological polar surface area (TPSA) is 60.2 Å². The molecule has 1 amide bonds. The first-order valence-corrected chi connectivity index (χ1v) is 8.07. The van der Waals surface area contributed by atoms with Crippen LogP contribution in [0.2, 0.25) is 0 Å². The number of rotatable bonds is 7. The van der Waals surface area contributed by atoms with Crippen molar-refractivity contribution in [3.05, 3.63) is 36.9 Å². The fourth-order valence-electron chi connectivity index (χ4n) is 1.97. The summed E-state index contributed by atoms with van der Waals surface area (Å²) in [5.41, 5.74) is 0.857. The Morgan fingerprint density at radius 2 is 2.13 bits per heavy atom. The Hall–Kier alpha value is -2.28. The average molecular weight is 332 g/mol. The number of aromatic nitrogens is 3. The summed E-state index contributed by atoms with van der Waals surface area (Å²) in [5, 5.41) is 9.18. The van der Waals surface area contributed by atoms with Crippen LogP contribution in [0.25, 0.3) is 11.4 Å². The number of hydrogen-bond acceptors (Lipinski definition) is 5. The highest BCUT2D eigenvalue weighted by molar-refractivity contribution is 7.99. The average Bonchev–Trinajstić information content (AvgIpc) is 2.95. The van der Waals surface area contributed by atoms with Crippen molar-refractivity contribution in [2.45, 2.75) is 11.7 Å². The largest absolute Gasteiger partial charge is 0.496 e. The highest BCUT2D eigenvalue weighted by atomic mass is 32.2. The first-order valence-electron chi connectivity index (χ1n) is 7.09. The zero-order valence-corrected chi connectivity index (χ0v) is 14.3. The van der Waals surface area contributed by atoms with Crippen LogP contribution in [0.5, 0.6) is 5.75 Å². The van der Waals surface area contributed by atoms with Gasteiger partial charge < -0.3 is 9.64 Å². The van der Waals surface area contributed by atoms with Crippen molar-refractivity contribution in [2.24, 2.45) is 0 Å². The molecule has 0 aliphatic carbocycles. The number of para-hydroxylation sites is 1. The van der Waals surface area contributed by atoms with Gasteiger partial charge in [-0.05, 0) is 12.1 Å². The molecule has 0 N–H and O–H groups in total. The van der Waals surface area contributed by atoms with E-state index in [-0.39, 0.29) is 5.91 Å². The van der Waals surface area contributed by atoms with Crippen molar-refractivity contribution < 1.29 is 9.53 Å². The van der Waals surface area contributed by atoms with Gasteiger partial charge in [0, 0.05) is 20.6 Å². The van der Waals surface area contributed by atoms with E-state index >= 15 is 0 Å². The molecule has 0 aliphatic heterocycles. The molecule has 0 saturated heterocycles. The number of thioether (sulfide) groups is 1. The summed E-state index contributed by atoms with van der Waals surface area (Å²) in [6.45, 7) is 4.34. The minimum absolute atomic E-state index is 0.0296. The standard InChI is InChI=1S/C16H20N4O2S/c1-5-10-20-15(12-8-6-7-9-13(12)22-4)17-18-16(20)23-11-14(21)19(2)3/h5-9H,1,10-11H2,2-4H3. The number of allylic oxidation sites excluding steroid dienone is 1. The van der Waals surface area contributed by atoms with Crippen LogP contribution in [0, 0.1) is 0 Å². The van der Waals surface area contributed by atoms with Gasteiger partial charge in [0.15, 0.2) is 11.0 Å². The molecule has 0 atom stereocenters. The zero-order valence-electron chi connectivity index (χ0n) is 13.5. The monoisotopic (exact) mass is 332 g/mol. The van der Waals surface area contributed by atoms with E-state index in [4.69, 9.17) is 4.74 Å². The second-order valence-electron chi connectivity index (χ2n) is 4.98. The van der Waals surface area contributed by atoms with Crippen molar-refractivity contribution in [3.63, 3.8) is 0 Å². The smallest absolute Gasteiger partial charge is 0.232 e. The number of benzene rings is 1. The highest BCUT2D eigenvalue weighted by Crippen LogP contribution is 2.30. The molecule has 1 aromatic carbocycles. The van der Waals surface area contributed by atoms with Crippen LogP contribution in [0.3, 0.4) is 0 Å². The molecule has 1 aromatic heterocycles. The Balaban J connectivity index is 2.34. The predicted octanol–water partition coefficient (Wildman–Crippen LogP) is 2.32. The molecule has 1 heterocycles. The lowest BCUT2D eigenvalue weighted by molar-refractivity contribution is -0.125. The van der Waals surface area contributed by atoms with Crippen molar-refractivity contribution in [1.82, 2.24) is 19.7 Å². The summed E-state index contributed by atoms with van der Waals surface area (Å²) in [4.78, 5) is 13.3. The molecule has 7 heteroatoms. The van der Waals surface area contributed by atoms with Crippen LogP contribution >= 0.6 is 11.8 Å².